The molecule has 5 heteroatoms. The number of benzene rings is 1. The molecule has 1 amide bonds. The molecule has 2 N–H and O–H groups in total. The molecule has 1 aliphatic carbocycles. The van der Waals surface area contributed by atoms with Crippen molar-refractivity contribution >= 4 is 12.0 Å². The summed E-state index contributed by atoms with van der Waals surface area (Å²) in [6.07, 6.45) is 5.17. The van der Waals surface area contributed by atoms with Crippen LogP contribution < -0.4 is 5.32 Å². The molecule has 2 aromatic rings. The quantitative estimate of drug-likeness (QED) is 0.665. The molecule has 0 atom stereocenters. The predicted octanol–water partition coefficient (Wildman–Crippen LogP) is 2.26. The first-order valence-corrected chi connectivity index (χ1v) is 6.79. The van der Waals surface area contributed by atoms with Crippen LogP contribution >= 0.6 is 0 Å². The fraction of sp³-hybridized carbons (Fsp3) is 0.188. The van der Waals surface area contributed by atoms with Gasteiger partial charge < -0.3 is 5.32 Å². The first kappa shape index (κ1) is 13.1. The molecule has 0 aliphatic heterocycles. The third-order valence-electron chi connectivity index (χ3n) is 3.31. The van der Waals surface area contributed by atoms with Crippen LogP contribution in [0.1, 0.15) is 18.4 Å². The number of amides is 1. The number of carbonyl (C=O) groups is 1. The molecule has 1 fully saturated rings. The van der Waals surface area contributed by atoms with Crippen LogP contribution in [0.4, 0.5) is 0 Å². The van der Waals surface area contributed by atoms with E-state index in [2.05, 4.69) is 15.5 Å². The Morgan fingerprint density at radius 2 is 2.14 bits per heavy atom. The average Bonchev–Trinajstić information content (AvgIpc) is 3.20. The van der Waals surface area contributed by atoms with Crippen LogP contribution in [-0.2, 0) is 4.79 Å². The molecule has 0 spiro atoms. The molecule has 1 aromatic carbocycles. The van der Waals surface area contributed by atoms with Crippen molar-refractivity contribution < 1.29 is 4.79 Å². The lowest BCUT2D eigenvalue weighted by atomic mass is 10.1. The third kappa shape index (κ3) is 3.00. The van der Waals surface area contributed by atoms with Gasteiger partial charge in [0, 0.05) is 17.2 Å². The zero-order valence-electron chi connectivity index (χ0n) is 11.3. The molecule has 104 valence electrons. The van der Waals surface area contributed by atoms with Crippen LogP contribution in [0, 0.1) is 11.3 Å². The van der Waals surface area contributed by atoms with Gasteiger partial charge in [0.1, 0.15) is 11.6 Å². The van der Waals surface area contributed by atoms with Crippen molar-refractivity contribution in [3.63, 3.8) is 0 Å². The van der Waals surface area contributed by atoms with Crippen LogP contribution in [0.3, 0.4) is 0 Å². The van der Waals surface area contributed by atoms with Crippen molar-refractivity contribution in [1.29, 1.82) is 5.26 Å². The number of aromatic amines is 1. The predicted molar refractivity (Wildman–Crippen MR) is 78.8 cm³/mol. The number of nitrogens with one attached hydrogen (secondary N) is 2. The van der Waals surface area contributed by atoms with E-state index >= 15 is 0 Å². The highest BCUT2D eigenvalue weighted by Crippen LogP contribution is 2.23. The highest BCUT2D eigenvalue weighted by molar-refractivity contribution is 6.02. The van der Waals surface area contributed by atoms with Gasteiger partial charge in [-0.25, -0.2) is 0 Å². The Balaban J connectivity index is 1.90. The molecular formula is C16H14N4O. The second-order valence-electron chi connectivity index (χ2n) is 4.98. The maximum absolute atomic E-state index is 12.0. The molecule has 0 saturated heterocycles. The maximum Gasteiger partial charge on any atom is 0.262 e. The van der Waals surface area contributed by atoms with Gasteiger partial charge >= 0.3 is 0 Å². The van der Waals surface area contributed by atoms with Crippen molar-refractivity contribution in [2.45, 2.75) is 18.9 Å². The third-order valence-corrected chi connectivity index (χ3v) is 3.31. The summed E-state index contributed by atoms with van der Waals surface area (Å²) in [5.41, 5.74) is 2.58. The minimum absolute atomic E-state index is 0.0977. The van der Waals surface area contributed by atoms with Crippen molar-refractivity contribution in [1.82, 2.24) is 15.5 Å². The monoisotopic (exact) mass is 278 g/mol. The Morgan fingerprint density at radius 1 is 1.38 bits per heavy atom. The lowest BCUT2D eigenvalue weighted by molar-refractivity contribution is -0.117. The Kier molecular flexibility index (Phi) is 3.52. The van der Waals surface area contributed by atoms with E-state index in [-0.39, 0.29) is 17.5 Å². The number of rotatable bonds is 4. The average molecular weight is 278 g/mol. The Bertz CT molecular complexity index is 720. The SMILES string of the molecule is N#C/C(=C\c1cn[nH]c1-c1ccccc1)C(=O)NC1CC1. The number of hydrogen-bond donors (Lipinski definition) is 2. The Labute approximate surface area is 122 Å². The van der Waals surface area contributed by atoms with E-state index in [4.69, 9.17) is 0 Å². The summed E-state index contributed by atoms with van der Waals surface area (Å²) in [5, 5.41) is 18.9. The van der Waals surface area contributed by atoms with E-state index in [1.54, 1.807) is 12.3 Å². The standard InChI is InChI=1S/C16H14N4O/c17-9-12(16(21)19-14-6-7-14)8-13-10-18-20-15(13)11-4-2-1-3-5-11/h1-5,8,10,14H,6-7H2,(H,18,20)(H,19,21)/b12-8+. The summed E-state index contributed by atoms with van der Waals surface area (Å²) in [4.78, 5) is 12.0. The Morgan fingerprint density at radius 3 is 2.81 bits per heavy atom. The molecule has 0 bridgehead atoms. The van der Waals surface area contributed by atoms with Crippen LogP contribution in [0.25, 0.3) is 17.3 Å². The fourth-order valence-electron chi connectivity index (χ4n) is 2.04. The van der Waals surface area contributed by atoms with Crippen molar-refractivity contribution in [3.8, 4) is 17.3 Å². The summed E-state index contributed by atoms with van der Waals surface area (Å²) in [6.45, 7) is 0. The largest absolute Gasteiger partial charge is 0.349 e. The van der Waals surface area contributed by atoms with Crippen LogP contribution in [-0.4, -0.2) is 22.1 Å². The number of aromatic nitrogens is 2. The first-order chi connectivity index (χ1) is 10.3. The molecule has 5 nitrogen and oxygen atoms in total. The second kappa shape index (κ2) is 5.63. The van der Waals surface area contributed by atoms with Crippen molar-refractivity contribution in [2.24, 2.45) is 0 Å². The van der Waals surface area contributed by atoms with E-state index < -0.39 is 0 Å². The lowest BCUT2D eigenvalue weighted by Crippen LogP contribution is -2.26. The smallest absolute Gasteiger partial charge is 0.262 e. The maximum atomic E-state index is 12.0. The highest BCUT2D eigenvalue weighted by atomic mass is 16.1. The van der Waals surface area contributed by atoms with E-state index in [0.29, 0.717) is 0 Å². The normalized spacial score (nSPS) is 14.5. The van der Waals surface area contributed by atoms with Crippen LogP contribution in [0.5, 0.6) is 0 Å². The van der Waals surface area contributed by atoms with E-state index in [0.717, 1.165) is 29.7 Å². The number of hydrogen-bond acceptors (Lipinski definition) is 3. The summed E-state index contributed by atoms with van der Waals surface area (Å²) in [6, 6.07) is 11.9. The van der Waals surface area contributed by atoms with E-state index in [1.807, 2.05) is 36.4 Å². The van der Waals surface area contributed by atoms with Gasteiger partial charge in [0.05, 0.1) is 11.9 Å². The summed E-state index contributed by atoms with van der Waals surface area (Å²) < 4.78 is 0. The van der Waals surface area contributed by atoms with Gasteiger partial charge in [-0.15, -0.1) is 0 Å². The molecule has 1 saturated carbocycles. The summed E-state index contributed by atoms with van der Waals surface area (Å²) in [5.74, 6) is -0.319. The van der Waals surface area contributed by atoms with Gasteiger partial charge in [0.25, 0.3) is 5.91 Å². The highest BCUT2D eigenvalue weighted by Gasteiger charge is 2.24. The molecular weight excluding hydrogens is 264 g/mol. The first-order valence-electron chi connectivity index (χ1n) is 6.79. The minimum atomic E-state index is -0.319. The van der Waals surface area contributed by atoms with Gasteiger partial charge in [-0.05, 0) is 18.9 Å². The number of nitrogens with zero attached hydrogens (tertiary/aromatic N) is 2. The summed E-state index contributed by atoms with van der Waals surface area (Å²) in [7, 11) is 0. The topological polar surface area (TPSA) is 81.6 Å². The van der Waals surface area contributed by atoms with Gasteiger partial charge in [-0.3, -0.25) is 9.89 Å². The van der Waals surface area contributed by atoms with Gasteiger partial charge in [-0.2, -0.15) is 10.4 Å². The fourth-order valence-corrected chi connectivity index (χ4v) is 2.04. The Hall–Kier alpha value is -2.87. The van der Waals surface area contributed by atoms with E-state index in [9.17, 15) is 10.1 Å². The molecule has 1 aromatic heterocycles. The minimum Gasteiger partial charge on any atom is -0.349 e. The number of carbonyl (C=O) groups excluding carboxylic acids is 1. The molecule has 3 rings (SSSR count). The zero-order valence-corrected chi connectivity index (χ0v) is 11.3. The molecule has 0 unspecified atom stereocenters. The number of nitriles is 1. The lowest BCUT2D eigenvalue weighted by Gasteiger charge is -2.02. The van der Waals surface area contributed by atoms with Crippen molar-refractivity contribution in [2.75, 3.05) is 0 Å². The van der Waals surface area contributed by atoms with E-state index in [1.165, 1.54) is 0 Å². The molecule has 1 heterocycles. The van der Waals surface area contributed by atoms with Gasteiger partial charge in [0.2, 0.25) is 0 Å². The number of H-pyrrole nitrogens is 1. The van der Waals surface area contributed by atoms with Crippen molar-refractivity contribution in [3.05, 3.63) is 47.7 Å². The van der Waals surface area contributed by atoms with Crippen LogP contribution in [0.15, 0.2) is 42.1 Å². The molecule has 1 aliphatic rings. The van der Waals surface area contributed by atoms with Gasteiger partial charge in [-0.1, -0.05) is 30.3 Å². The van der Waals surface area contributed by atoms with Gasteiger partial charge in [0.15, 0.2) is 0 Å². The molecule has 0 radical (unpaired) electrons. The molecule has 21 heavy (non-hydrogen) atoms. The van der Waals surface area contributed by atoms with Crippen LogP contribution in [0.2, 0.25) is 0 Å². The zero-order chi connectivity index (χ0) is 14.7. The second-order valence-corrected chi connectivity index (χ2v) is 4.98. The summed E-state index contributed by atoms with van der Waals surface area (Å²) >= 11 is 0.